The second-order valence-corrected chi connectivity index (χ2v) is 4.95. The van der Waals surface area contributed by atoms with Crippen LogP contribution in [0.4, 0.5) is 0 Å². The molecule has 1 aliphatic heterocycles. The second kappa shape index (κ2) is 5.28. The number of hydrogen-bond donors (Lipinski definition) is 2. The van der Waals surface area contributed by atoms with Crippen molar-refractivity contribution in [3.63, 3.8) is 0 Å². The molecule has 0 aromatic carbocycles. The lowest BCUT2D eigenvalue weighted by Crippen LogP contribution is -2.60. The Labute approximate surface area is 93.6 Å². The van der Waals surface area contributed by atoms with E-state index in [1.165, 1.54) is 45.2 Å². The summed E-state index contributed by atoms with van der Waals surface area (Å²) in [6, 6.07) is 2.10. The van der Waals surface area contributed by atoms with E-state index in [0.29, 0.717) is 12.1 Å². The zero-order chi connectivity index (χ0) is 10.7. The normalized spacial score (nSPS) is 38.4. The molecular weight excluding hydrogens is 186 g/mol. The highest BCUT2D eigenvalue weighted by atomic mass is 15.2. The Hall–Kier alpha value is -0.120. The molecule has 0 aromatic rings. The maximum atomic E-state index is 3.51. The Bertz CT molecular complexity index is 175. The van der Waals surface area contributed by atoms with Gasteiger partial charge in [-0.3, -0.25) is 4.90 Å². The minimum absolute atomic E-state index is 0.689. The molecule has 3 atom stereocenters. The number of nitrogens with one attached hydrogen (secondary N) is 2. The molecule has 3 heteroatoms. The summed E-state index contributed by atoms with van der Waals surface area (Å²) in [5.41, 5.74) is 0. The molecule has 2 rings (SSSR count). The van der Waals surface area contributed by atoms with Gasteiger partial charge in [0.25, 0.3) is 0 Å². The third-order valence-electron chi connectivity index (χ3n) is 4.16. The third kappa shape index (κ3) is 2.35. The van der Waals surface area contributed by atoms with Crippen LogP contribution in [-0.4, -0.2) is 50.2 Å². The lowest BCUT2D eigenvalue weighted by Gasteiger charge is -2.43. The van der Waals surface area contributed by atoms with Gasteiger partial charge in [0.05, 0.1) is 0 Å². The van der Waals surface area contributed by atoms with Crippen molar-refractivity contribution in [2.45, 2.75) is 50.2 Å². The summed E-state index contributed by atoms with van der Waals surface area (Å²) >= 11 is 0. The largest absolute Gasteiger partial charge is 0.315 e. The van der Waals surface area contributed by atoms with Crippen LogP contribution in [0.5, 0.6) is 0 Å². The van der Waals surface area contributed by atoms with Crippen molar-refractivity contribution in [3.8, 4) is 0 Å². The quantitative estimate of drug-likeness (QED) is 0.723. The molecule has 15 heavy (non-hydrogen) atoms. The Balaban J connectivity index is 2.05. The molecular formula is C12H25N3. The van der Waals surface area contributed by atoms with Crippen LogP contribution in [0.25, 0.3) is 0 Å². The van der Waals surface area contributed by atoms with Gasteiger partial charge in [-0.2, -0.15) is 0 Å². The molecule has 0 radical (unpaired) electrons. The van der Waals surface area contributed by atoms with E-state index in [1.807, 2.05) is 0 Å². The Morgan fingerprint density at radius 2 is 1.40 bits per heavy atom. The smallest absolute Gasteiger partial charge is 0.0402 e. The minimum atomic E-state index is 0.689. The highest BCUT2D eigenvalue weighted by molar-refractivity contribution is 4.97. The molecule has 1 saturated carbocycles. The molecule has 0 amide bonds. The summed E-state index contributed by atoms with van der Waals surface area (Å²) in [5, 5.41) is 7.03. The van der Waals surface area contributed by atoms with Crippen LogP contribution in [-0.2, 0) is 0 Å². The summed E-state index contributed by atoms with van der Waals surface area (Å²) in [4.78, 5) is 2.70. The minimum Gasteiger partial charge on any atom is -0.315 e. The van der Waals surface area contributed by atoms with Crippen molar-refractivity contribution in [2.75, 3.05) is 27.2 Å². The third-order valence-corrected chi connectivity index (χ3v) is 4.16. The van der Waals surface area contributed by atoms with Gasteiger partial charge in [-0.15, -0.1) is 0 Å². The monoisotopic (exact) mass is 211 g/mol. The molecule has 88 valence electrons. The zero-order valence-electron chi connectivity index (χ0n) is 10.1. The lowest BCUT2D eigenvalue weighted by molar-refractivity contribution is 0.119. The van der Waals surface area contributed by atoms with Gasteiger partial charge in [-0.1, -0.05) is 6.42 Å². The van der Waals surface area contributed by atoms with E-state index in [-0.39, 0.29) is 0 Å². The van der Waals surface area contributed by atoms with Gasteiger partial charge in [-0.05, 0) is 52.9 Å². The molecule has 0 aromatic heterocycles. The van der Waals surface area contributed by atoms with Crippen molar-refractivity contribution >= 4 is 0 Å². The van der Waals surface area contributed by atoms with E-state index in [1.54, 1.807) is 0 Å². The highest BCUT2D eigenvalue weighted by Gasteiger charge is 2.36. The van der Waals surface area contributed by atoms with E-state index >= 15 is 0 Å². The number of hydrogen-bond acceptors (Lipinski definition) is 3. The summed E-state index contributed by atoms with van der Waals surface area (Å²) in [7, 11) is 4.23. The van der Waals surface area contributed by atoms with Crippen LogP contribution in [0.15, 0.2) is 0 Å². The van der Waals surface area contributed by atoms with E-state index in [4.69, 9.17) is 0 Å². The molecule has 1 unspecified atom stereocenters. The van der Waals surface area contributed by atoms with E-state index in [9.17, 15) is 0 Å². The predicted octanol–water partition coefficient (Wildman–Crippen LogP) is 0.811. The summed E-state index contributed by atoms with van der Waals surface area (Å²) in [6.45, 7) is 2.61. The van der Waals surface area contributed by atoms with Crippen molar-refractivity contribution in [1.29, 1.82) is 0 Å². The fourth-order valence-electron chi connectivity index (χ4n) is 3.36. The summed E-state index contributed by atoms with van der Waals surface area (Å²) in [5.74, 6) is 0. The molecule has 2 fully saturated rings. The van der Waals surface area contributed by atoms with Crippen molar-refractivity contribution in [2.24, 2.45) is 0 Å². The average molecular weight is 211 g/mol. The van der Waals surface area contributed by atoms with Crippen molar-refractivity contribution in [3.05, 3.63) is 0 Å². The second-order valence-electron chi connectivity index (χ2n) is 4.95. The maximum Gasteiger partial charge on any atom is 0.0402 e. The topological polar surface area (TPSA) is 27.3 Å². The van der Waals surface area contributed by atoms with Crippen LogP contribution < -0.4 is 10.6 Å². The first kappa shape index (κ1) is 11.4. The molecule has 3 nitrogen and oxygen atoms in total. The van der Waals surface area contributed by atoms with Gasteiger partial charge >= 0.3 is 0 Å². The van der Waals surface area contributed by atoms with Gasteiger partial charge in [0, 0.05) is 18.1 Å². The van der Waals surface area contributed by atoms with Gasteiger partial charge in [0.15, 0.2) is 0 Å². The van der Waals surface area contributed by atoms with Crippen LogP contribution in [0, 0.1) is 0 Å². The molecule has 1 heterocycles. The standard InChI is InChI=1S/C12H25N3/c1-13-10-6-5-7-11(14-2)12(10)15-8-3-4-9-15/h10-14H,3-9H2,1-2H3/t10-,11+,12?. The highest BCUT2D eigenvalue weighted by Crippen LogP contribution is 2.26. The fourth-order valence-corrected chi connectivity index (χ4v) is 3.36. The maximum absolute atomic E-state index is 3.51. The van der Waals surface area contributed by atoms with Gasteiger partial charge in [0.1, 0.15) is 0 Å². The van der Waals surface area contributed by atoms with Gasteiger partial charge in [-0.25, -0.2) is 0 Å². The number of likely N-dealkylation sites (N-methyl/N-ethyl adjacent to an activating group) is 2. The lowest BCUT2D eigenvalue weighted by atomic mass is 9.85. The molecule has 1 saturated heterocycles. The fraction of sp³-hybridized carbons (Fsp3) is 1.00. The Morgan fingerprint density at radius 1 is 0.867 bits per heavy atom. The van der Waals surface area contributed by atoms with Gasteiger partial charge < -0.3 is 10.6 Å². The molecule has 2 N–H and O–H groups in total. The van der Waals surface area contributed by atoms with Gasteiger partial charge in [0.2, 0.25) is 0 Å². The average Bonchev–Trinajstić information content (AvgIpc) is 2.81. The molecule has 1 aliphatic carbocycles. The number of nitrogens with zero attached hydrogens (tertiary/aromatic N) is 1. The van der Waals surface area contributed by atoms with Crippen LogP contribution in [0.2, 0.25) is 0 Å². The summed E-state index contributed by atoms with van der Waals surface area (Å²) in [6.07, 6.45) is 6.83. The first-order valence-corrected chi connectivity index (χ1v) is 6.45. The Morgan fingerprint density at radius 3 is 1.87 bits per heavy atom. The predicted molar refractivity (Wildman–Crippen MR) is 64.1 cm³/mol. The first-order valence-electron chi connectivity index (χ1n) is 6.45. The first-order chi connectivity index (χ1) is 7.36. The molecule has 0 bridgehead atoms. The SMILES string of the molecule is CN[C@H]1CCC[C@@H](NC)C1N1CCCC1. The summed E-state index contributed by atoms with van der Waals surface area (Å²) < 4.78 is 0. The number of likely N-dealkylation sites (tertiary alicyclic amines) is 1. The van der Waals surface area contributed by atoms with Crippen LogP contribution >= 0.6 is 0 Å². The molecule has 0 spiro atoms. The van der Waals surface area contributed by atoms with E-state index in [0.717, 1.165) is 6.04 Å². The van der Waals surface area contributed by atoms with E-state index < -0.39 is 0 Å². The molecule has 2 aliphatic rings. The van der Waals surface area contributed by atoms with Crippen molar-refractivity contribution in [1.82, 2.24) is 15.5 Å². The van der Waals surface area contributed by atoms with E-state index in [2.05, 4.69) is 29.6 Å². The van der Waals surface area contributed by atoms with Crippen LogP contribution in [0.3, 0.4) is 0 Å². The zero-order valence-corrected chi connectivity index (χ0v) is 10.1. The van der Waals surface area contributed by atoms with Crippen LogP contribution in [0.1, 0.15) is 32.1 Å². The van der Waals surface area contributed by atoms with Crippen molar-refractivity contribution < 1.29 is 0 Å². The Kier molecular flexibility index (Phi) is 4.00. The number of rotatable bonds is 3.